The minimum Gasteiger partial charge on any atom is -0.481 e. The second-order valence-corrected chi connectivity index (χ2v) is 9.07. The highest BCUT2D eigenvalue weighted by Gasteiger charge is 2.31. The molecule has 3 atom stereocenters. The van der Waals surface area contributed by atoms with Crippen LogP contribution in [0.3, 0.4) is 0 Å². The molecule has 30 heavy (non-hydrogen) atoms. The molecule has 4 heteroatoms. The lowest BCUT2D eigenvalue weighted by molar-refractivity contribution is -0.145. The molecule has 0 aromatic rings. The van der Waals surface area contributed by atoms with Gasteiger partial charge in [0, 0.05) is 6.42 Å². The second-order valence-electron chi connectivity index (χ2n) is 9.07. The van der Waals surface area contributed by atoms with E-state index in [2.05, 4.69) is 26.0 Å². The van der Waals surface area contributed by atoms with Crippen LogP contribution < -0.4 is 0 Å². The summed E-state index contributed by atoms with van der Waals surface area (Å²) in [7, 11) is 0. The van der Waals surface area contributed by atoms with Crippen LogP contribution in [0.5, 0.6) is 0 Å². The van der Waals surface area contributed by atoms with Crippen LogP contribution in [0.15, 0.2) is 12.2 Å². The van der Waals surface area contributed by atoms with Gasteiger partial charge < -0.3 is 9.84 Å². The van der Waals surface area contributed by atoms with E-state index >= 15 is 0 Å². The number of carboxylic acids is 1. The zero-order valence-corrected chi connectivity index (χ0v) is 19.6. The van der Waals surface area contributed by atoms with E-state index < -0.39 is 5.97 Å². The van der Waals surface area contributed by atoms with Gasteiger partial charge in [-0.15, -0.1) is 0 Å². The van der Waals surface area contributed by atoms with E-state index in [1.807, 2.05) is 0 Å². The van der Waals surface area contributed by atoms with Crippen molar-refractivity contribution in [1.82, 2.24) is 0 Å². The number of hydrogen-bond acceptors (Lipinski definition) is 3. The number of carboxylic acid groups (broad SMARTS) is 1. The van der Waals surface area contributed by atoms with Crippen LogP contribution >= 0.6 is 0 Å². The first kappa shape index (κ1) is 26.7. The van der Waals surface area contributed by atoms with Crippen molar-refractivity contribution in [2.75, 3.05) is 6.61 Å². The quantitative estimate of drug-likeness (QED) is 0.143. The van der Waals surface area contributed by atoms with Gasteiger partial charge in [0.05, 0.1) is 12.5 Å². The fraction of sp³-hybridized carbons (Fsp3) is 0.846. The smallest absolute Gasteiger partial charge is 0.307 e. The topological polar surface area (TPSA) is 63.6 Å². The zero-order valence-electron chi connectivity index (χ0n) is 19.6. The number of rotatable bonds is 18. The van der Waals surface area contributed by atoms with Crippen molar-refractivity contribution in [3.8, 4) is 0 Å². The molecule has 0 saturated heterocycles. The molecular formula is C26H46O4. The summed E-state index contributed by atoms with van der Waals surface area (Å²) in [6.07, 6.45) is 21.4. The number of carbonyl (C=O) groups is 2. The van der Waals surface area contributed by atoms with Crippen LogP contribution in [0.4, 0.5) is 0 Å². The minimum atomic E-state index is -0.619. The average Bonchev–Trinajstić information content (AvgIpc) is 2.74. The summed E-state index contributed by atoms with van der Waals surface area (Å²) in [5, 5.41) is 9.65. The van der Waals surface area contributed by atoms with E-state index in [1.54, 1.807) is 0 Å². The Kier molecular flexibility index (Phi) is 15.5. The summed E-state index contributed by atoms with van der Waals surface area (Å²) in [5.74, 6) is -0.243. The SMILES string of the molecule is CCCCCCC1C=CC(CCCCCCCC(=O)OCCCCC)CC1C(=O)O. The predicted molar refractivity (Wildman–Crippen MR) is 123 cm³/mol. The number of carbonyl (C=O) groups excluding carboxylic acids is 1. The summed E-state index contributed by atoms with van der Waals surface area (Å²) in [6, 6.07) is 0. The standard InChI is InChI=1S/C26H46O4/c1-3-5-7-12-16-23-19-18-22(21-24(23)26(28)29)15-11-9-8-10-13-17-25(27)30-20-14-6-4-2/h18-19,22-24H,3-17,20-21H2,1-2H3,(H,28,29). The molecule has 0 saturated carbocycles. The number of aliphatic carboxylic acids is 1. The first-order valence-corrected chi connectivity index (χ1v) is 12.6. The lowest BCUT2D eigenvalue weighted by atomic mass is 9.75. The van der Waals surface area contributed by atoms with Gasteiger partial charge in [0.1, 0.15) is 0 Å². The maximum absolute atomic E-state index is 11.7. The third-order valence-corrected chi connectivity index (χ3v) is 6.38. The number of allylic oxidation sites excluding steroid dienone is 2. The molecule has 0 radical (unpaired) electrons. The molecule has 0 bridgehead atoms. The molecule has 1 rings (SSSR count). The van der Waals surface area contributed by atoms with Crippen molar-refractivity contribution in [2.45, 2.75) is 117 Å². The van der Waals surface area contributed by atoms with E-state index in [1.165, 1.54) is 19.3 Å². The Balaban J connectivity index is 2.12. The molecule has 1 N–H and O–H groups in total. The number of ether oxygens (including phenoxy) is 1. The molecule has 3 unspecified atom stereocenters. The van der Waals surface area contributed by atoms with Crippen LogP contribution in [-0.2, 0) is 14.3 Å². The van der Waals surface area contributed by atoms with E-state index in [4.69, 9.17) is 4.74 Å². The fourth-order valence-corrected chi connectivity index (χ4v) is 4.43. The van der Waals surface area contributed by atoms with Crippen LogP contribution in [0.2, 0.25) is 0 Å². The molecule has 0 aliphatic heterocycles. The largest absolute Gasteiger partial charge is 0.481 e. The van der Waals surface area contributed by atoms with E-state index in [9.17, 15) is 14.7 Å². The van der Waals surface area contributed by atoms with Crippen LogP contribution in [0, 0.1) is 17.8 Å². The Hall–Kier alpha value is -1.32. The van der Waals surface area contributed by atoms with E-state index in [0.29, 0.717) is 18.9 Å². The van der Waals surface area contributed by atoms with Gasteiger partial charge in [0.25, 0.3) is 0 Å². The Labute approximate surface area is 184 Å². The first-order chi connectivity index (χ1) is 14.6. The summed E-state index contributed by atoms with van der Waals surface area (Å²) < 4.78 is 5.23. The van der Waals surface area contributed by atoms with Crippen molar-refractivity contribution in [1.29, 1.82) is 0 Å². The van der Waals surface area contributed by atoms with Gasteiger partial charge in [-0.3, -0.25) is 9.59 Å². The molecule has 4 nitrogen and oxygen atoms in total. The molecule has 0 aromatic heterocycles. The van der Waals surface area contributed by atoms with E-state index in [0.717, 1.165) is 77.0 Å². The van der Waals surface area contributed by atoms with Crippen molar-refractivity contribution in [3.05, 3.63) is 12.2 Å². The Morgan fingerprint density at radius 1 is 0.833 bits per heavy atom. The first-order valence-electron chi connectivity index (χ1n) is 12.6. The molecular weight excluding hydrogens is 376 g/mol. The second kappa shape index (κ2) is 17.4. The van der Waals surface area contributed by atoms with Crippen LogP contribution in [0.1, 0.15) is 117 Å². The van der Waals surface area contributed by atoms with Gasteiger partial charge in [-0.1, -0.05) is 90.2 Å². The third kappa shape index (κ3) is 12.4. The van der Waals surface area contributed by atoms with E-state index in [-0.39, 0.29) is 17.8 Å². The van der Waals surface area contributed by atoms with Crippen molar-refractivity contribution in [3.63, 3.8) is 0 Å². The third-order valence-electron chi connectivity index (χ3n) is 6.38. The highest BCUT2D eigenvalue weighted by atomic mass is 16.5. The molecule has 1 aliphatic rings. The summed E-state index contributed by atoms with van der Waals surface area (Å²) in [5.41, 5.74) is 0. The van der Waals surface area contributed by atoms with Gasteiger partial charge >= 0.3 is 11.9 Å². The minimum absolute atomic E-state index is 0.0533. The Morgan fingerprint density at radius 3 is 2.20 bits per heavy atom. The normalized spacial score (nSPS) is 20.9. The summed E-state index contributed by atoms with van der Waals surface area (Å²) in [4.78, 5) is 23.4. The Morgan fingerprint density at radius 2 is 1.47 bits per heavy atom. The van der Waals surface area contributed by atoms with Crippen LogP contribution in [0.25, 0.3) is 0 Å². The average molecular weight is 423 g/mol. The zero-order chi connectivity index (χ0) is 22.0. The summed E-state index contributed by atoms with van der Waals surface area (Å²) in [6.45, 7) is 4.91. The van der Waals surface area contributed by atoms with Gasteiger partial charge in [-0.25, -0.2) is 0 Å². The number of hydrogen-bond donors (Lipinski definition) is 1. The van der Waals surface area contributed by atoms with Gasteiger partial charge in [0.2, 0.25) is 0 Å². The molecule has 0 spiro atoms. The fourth-order valence-electron chi connectivity index (χ4n) is 4.43. The maximum Gasteiger partial charge on any atom is 0.307 e. The Bertz CT molecular complexity index is 485. The molecule has 1 aliphatic carbocycles. The maximum atomic E-state index is 11.7. The highest BCUT2D eigenvalue weighted by Crippen LogP contribution is 2.34. The summed E-state index contributed by atoms with van der Waals surface area (Å²) >= 11 is 0. The lowest BCUT2D eigenvalue weighted by Gasteiger charge is -2.29. The molecule has 0 fully saturated rings. The monoisotopic (exact) mass is 422 g/mol. The van der Waals surface area contributed by atoms with Gasteiger partial charge in [-0.05, 0) is 43.9 Å². The van der Waals surface area contributed by atoms with Crippen molar-refractivity contribution >= 4 is 11.9 Å². The number of unbranched alkanes of at least 4 members (excludes halogenated alkanes) is 9. The number of esters is 1. The van der Waals surface area contributed by atoms with Crippen LogP contribution in [-0.4, -0.2) is 23.7 Å². The highest BCUT2D eigenvalue weighted by molar-refractivity contribution is 5.71. The predicted octanol–water partition coefficient (Wildman–Crippen LogP) is 7.31. The molecule has 0 amide bonds. The molecule has 174 valence electrons. The molecule has 0 heterocycles. The van der Waals surface area contributed by atoms with Gasteiger partial charge in [0.15, 0.2) is 0 Å². The van der Waals surface area contributed by atoms with Crippen molar-refractivity contribution < 1.29 is 19.4 Å². The van der Waals surface area contributed by atoms with Gasteiger partial charge in [-0.2, -0.15) is 0 Å². The lowest BCUT2D eigenvalue weighted by Crippen LogP contribution is -2.28. The molecule has 0 aromatic carbocycles. The van der Waals surface area contributed by atoms with Crippen molar-refractivity contribution in [2.24, 2.45) is 17.8 Å².